The smallest absolute Gasteiger partial charge is 0.276 e. The molecule has 0 saturated carbocycles. The SMILES string of the molecule is Cc1c(C(=O)N(C)CCOc2ccc(F)cc2)nnn1C1CCNCC1. The predicted molar refractivity (Wildman–Crippen MR) is 94.8 cm³/mol. The van der Waals surface area contributed by atoms with Crippen molar-refractivity contribution in [3.63, 3.8) is 0 Å². The number of halogens is 1. The average molecular weight is 361 g/mol. The number of benzene rings is 1. The monoisotopic (exact) mass is 361 g/mol. The summed E-state index contributed by atoms with van der Waals surface area (Å²) in [6.07, 6.45) is 1.97. The molecule has 0 spiro atoms. The van der Waals surface area contributed by atoms with Crippen LogP contribution in [0.5, 0.6) is 5.75 Å². The van der Waals surface area contributed by atoms with E-state index in [1.54, 1.807) is 24.1 Å². The number of aromatic nitrogens is 3. The number of rotatable bonds is 6. The van der Waals surface area contributed by atoms with Gasteiger partial charge >= 0.3 is 0 Å². The number of piperidine rings is 1. The fourth-order valence-corrected chi connectivity index (χ4v) is 3.05. The minimum Gasteiger partial charge on any atom is -0.492 e. The Morgan fingerprint density at radius 2 is 2.04 bits per heavy atom. The van der Waals surface area contributed by atoms with Gasteiger partial charge < -0.3 is 15.0 Å². The summed E-state index contributed by atoms with van der Waals surface area (Å²) in [7, 11) is 1.71. The van der Waals surface area contributed by atoms with E-state index in [0.717, 1.165) is 31.6 Å². The molecule has 140 valence electrons. The van der Waals surface area contributed by atoms with E-state index >= 15 is 0 Å². The van der Waals surface area contributed by atoms with Gasteiger partial charge in [0.15, 0.2) is 5.69 Å². The summed E-state index contributed by atoms with van der Waals surface area (Å²) in [6.45, 7) is 4.51. The van der Waals surface area contributed by atoms with Gasteiger partial charge in [0.1, 0.15) is 18.2 Å². The minimum absolute atomic E-state index is 0.176. The normalized spacial score (nSPS) is 15.0. The van der Waals surface area contributed by atoms with Gasteiger partial charge in [-0.3, -0.25) is 4.79 Å². The second-order valence-electron chi connectivity index (χ2n) is 6.48. The van der Waals surface area contributed by atoms with E-state index in [2.05, 4.69) is 15.6 Å². The highest BCUT2D eigenvalue weighted by molar-refractivity contribution is 5.93. The number of hydrogen-bond donors (Lipinski definition) is 1. The maximum absolute atomic E-state index is 12.9. The molecule has 8 heteroatoms. The van der Waals surface area contributed by atoms with Crippen LogP contribution in [0.4, 0.5) is 4.39 Å². The Morgan fingerprint density at radius 3 is 2.73 bits per heavy atom. The molecule has 1 aromatic heterocycles. The van der Waals surface area contributed by atoms with Gasteiger partial charge in [-0.2, -0.15) is 0 Å². The van der Waals surface area contributed by atoms with Gasteiger partial charge in [-0.05, 0) is 57.1 Å². The molecule has 1 aromatic carbocycles. The van der Waals surface area contributed by atoms with E-state index in [1.807, 2.05) is 11.6 Å². The molecule has 2 heterocycles. The van der Waals surface area contributed by atoms with Crippen LogP contribution in [0.2, 0.25) is 0 Å². The van der Waals surface area contributed by atoms with Crippen molar-refractivity contribution in [1.82, 2.24) is 25.2 Å². The number of likely N-dealkylation sites (N-methyl/N-ethyl adjacent to an activating group) is 1. The number of amides is 1. The lowest BCUT2D eigenvalue weighted by atomic mass is 10.1. The van der Waals surface area contributed by atoms with Crippen molar-refractivity contribution in [1.29, 1.82) is 0 Å². The van der Waals surface area contributed by atoms with Crippen molar-refractivity contribution in [2.24, 2.45) is 0 Å². The second-order valence-corrected chi connectivity index (χ2v) is 6.48. The summed E-state index contributed by atoms with van der Waals surface area (Å²) in [5, 5.41) is 11.6. The Kier molecular flexibility index (Phi) is 5.82. The summed E-state index contributed by atoms with van der Waals surface area (Å²) in [6, 6.07) is 6.09. The number of hydrogen-bond acceptors (Lipinski definition) is 5. The quantitative estimate of drug-likeness (QED) is 0.849. The average Bonchev–Trinajstić information content (AvgIpc) is 3.04. The molecule has 0 radical (unpaired) electrons. The second kappa shape index (κ2) is 8.27. The summed E-state index contributed by atoms with van der Waals surface area (Å²) in [5.41, 5.74) is 1.18. The van der Waals surface area contributed by atoms with Crippen LogP contribution in [0.15, 0.2) is 24.3 Å². The van der Waals surface area contributed by atoms with E-state index in [1.165, 1.54) is 12.1 Å². The Morgan fingerprint density at radius 1 is 1.35 bits per heavy atom. The van der Waals surface area contributed by atoms with E-state index in [4.69, 9.17) is 4.74 Å². The lowest BCUT2D eigenvalue weighted by molar-refractivity contribution is 0.0767. The molecular formula is C18H24FN5O2. The van der Waals surface area contributed by atoms with E-state index in [-0.39, 0.29) is 17.8 Å². The molecule has 1 aliphatic heterocycles. The number of nitrogens with one attached hydrogen (secondary N) is 1. The molecule has 1 saturated heterocycles. The van der Waals surface area contributed by atoms with Crippen molar-refractivity contribution in [2.45, 2.75) is 25.8 Å². The zero-order chi connectivity index (χ0) is 18.5. The van der Waals surface area contributed by atoms with Crippen LogP contribution in [0.3, 0.4) is 0 Å². The highest BCUT2D eigenvalue weighted by Crippen LogP contribution is 2.20. The molecule has 0 unspecified atom stereocenters. The molecule has 26 heavy (non-hydrogen) atoms. The first-order valence-electron chi connectivity index (χ1n) is 8.82. The predicted octanol–water partition coefficient (Wildman–Crippen LogP) is 1.80. The topological polar surface area (TPSA) is 72.3 Å². The maximum Gasteiger partial charge on any atom is 0.276 e. The molecule has 2 aromatic rings. The lowest BCUT2D eigenvalue weighted by Crippen LogP contribution is -2.32. The maximum atomic E-state index is 12.9. The van der Waals surface area contributed by atoms with Gasteiger partial charge in [-0.15, -0.1) is 5.10 Å². The van der Waals surface area contributed by atoms with Crippen LogP contribution in [0.25, 0.3) is 0 Å². The molecule has 7 nitrogen and oxygen atoms in total. The van der Waals surface area contributed by atoms with Crippen molar-refractivity contribution < 1.29 is 13.9 Å². The Balaban J connectivity index is 1.56. The largest absolute Gasteiger partial charge is 0.492 e. The van der Waals surface area contributed by atoms with E-state index in [0.29, 0.717) is 24.6 Å². The summed E-state index contributed by atoms with van der Waals surface area (Å²) in [4.78, 5) is 14.2. The van der Waals surface area contributed by atoms with Crippen LogP contribution >= 0.6 is 0 Å². The van der Waals surface area contributed by atoms with Gasteiger partial charge in [-0.1, -0.05) is 5.21 Å². The first kappa shape index (κ1) is 18.3. The van der Waals surface area contributed by atoms with Gasteiger partial charge in [0.2, 0.25) is 0 Å². The van der Waals surface area contributed by atoms with Gasteiger partial charge in [0.05, 0.1) is 18.3 Å². The number of carbonyl (C=O) groups excluding carboxylic acids is 1. The van der Waals surface area contributed by atoms with Crippen molar-refractivity contribution in [3.8, 4) is 5.75 Å². The first-order valence-corrected chi connectivity index (χ1v) is 8.82. The summed E-state index contributed by atoms with van der Waals surface area (Å²) >= 11 is 0. The third kappa shape index (κ3) is 4.19. The van der Waals surface area contributed by atoms with Crippen molar-refractivity contribution >= 4 is 5.91 Å². The fraction of sp³-hybridized carbons (Fsp3) is 0.500. The van der Waals surface area contributed by atoms with Gasteiger partial charge in [0, 0.05) is 7.05 Å². The van der Waals surface area contributed by atoms with Gasteiger partial charge in [0.25, 0.3) is 5.91 Å². The standard InChI is InChI=1S/C18H24FN5O2/c1-13-17(21-22-24(13)15-7-9-20-10-8-15)18(25)23(2)11-12-26-16-5-3-14(19)4-6-16/h3-6,15,20H,7-12H2,1-2H3. The number of ether oxygens (including phenoxy) is 1. The van der Waals surface area contributed by atoms with Crippen LogP contribution in [-0.4, -0.2) is 59.1 Å². The van der Waals surface area contributed by atoms with Crippen LogP contribution in [0, 0.1) is 12.7 Å². The molecule has 1 aliphatic rings. The zero-order valence-corrected chi connectivity index (χ0v) is 15.1. The Bertz CT molecular complexity index is 741. The first-order chi connectivity index (χ1) is 12.6. The number of carbonyl (C=O) groups is 1. The highest BCUT2D eigenvalue weighted by atomic mass is 19.1. The fourth-order valence-electron chi connectivity index (χ4n) is 3.05. The van der Waals surface area contributed by atoms with Crippen molar-refractivity contribution in [2.75, 3.05) is 33.3 Å². The highest BCUT2D eigenvalue weighted by Gasteiger charge is 2.24. The molecule has 1 amide bonds. The lowest BCUT2D eigenvalue weighted by Gasteiger charge is -2.23. The Labute approximate surface area is 152 Å². The summed E-state index contributed by atoms with van der Waals surface area (Å²) < 4.78 is 20.3. The van der Waals surface area contributed by atoms with Gasteiger partial charge in [-0.25, -0.2) is 9.07 Å². The molecule has 3 rings (SSSR count). The van der Waals surface area contributed by atoms with Crippen LogP contribution in [-0.2, 0) is 0 Å². The molecular weight excluding hydrogens is 337 g/mol. The van der Waals surface area contributed by atoms with Crippen molar-refractivity contribution in [3.05, 3.63) is 41.5 Å². The Hall–Kier alpha value is -2.48. The summed E-state index contributed by atoms with van der Waals surface area (Å²) in [5.74, 6) is 0.0858. The molecule has 0 aliphatic carbocycles. The number of nitrogens with zero attached hydrogens (tertiary/aromatic N) is 4. The molecule has 0 bridgehead atoms. The molecule has 1 N–H and O–H groups in total. The molecule has 0 atom stereocenters. The third-order valence-electron chi connectivity index (χ3n) is 4.64. The van der Waals surface area contributed by atoms with E-state index in [9.17, 15) is 9.18 Å². The molecule has 1 fully saturated rings. The third-order valence-corrected chi connectivity index (χ3v) is 4.64. The minimum atomic E-state index is -0.308. The van der Waals surface area contributed by atoms with Crippen LogP contribution < -0.4 is 10.1 Å². The zero-order valence-electron chi connectivity index (χ0n) is 15.1. The van der Waals surface area contributed by atoms with E-state index < -0.39 is 0 Å². The van der Waals surface area contributed by atoms with Crippen LogP contribution in [0.1, 0.15) is 35.1 Å².